The minimum absolute atomic E-state index is 0.139. The highest BCUT2D eigenvalue weighted by Gasteiger charge is 2.49. The summed E-state index contributed by atoms with van der Waals surface area (Å²) >= 11 is 0. The van der Waals surface area contributed by atoms with E-state index in [0.717, 1.165) is 13.2 Å². The molecule has 50 heavy (non-hydrogen) atoms. The van der Waals surface area contributed by atoms with Gasteiger partial charge in [0.05, 0.1) is 36.3 Å². The van der Waals surface area contributed by atoms with Crippen molar-refractivity contribution in [3.63, 3.8) is 0 Å². The number of nitrogens with one attached hydrogen (secondary N) is 1. The van der Waals surface area contributed by atoms with Gasteiger partial charge in [-0.3, -0.25) is 9.69 Å². The monoisotopic (exact) mass is 734 g/mol. The lowest BCUT2D eigenvalue weighted by molar-refractivity contribution is -0.286. The Balaban J connectivity index is 1.70. The number of carboxylic acids is 1. The second-order valence-electron chi connectivity index (χ2n) is 11.3. The Morgan fingerprint density at radius 1 is 0.860 bits per heavy atom. The summed E-state index contributed by atoms with van der Waals surface area (Å²) in [7, 11) is 0.802. The average molecular weight is 735 g/mol. The third kappa shape index (κ3) is 8.50. The van der Waals surface area contributed by atoms with Gasteiger partial charge in [-0.2, -0.15) is 39.5 Å². The number of alkyl halides is 9. The molecule has 0 aromatic heterocycles. The number of rotatable bonds is 7. The van der Waals surface area contributed by atoms with Crippen molar-refractivity contribution in [3.05, 3.63) is 64.2 Å². The number of carbonyl (C=O) groups is 3. The van der Waals surface area contributed by atoms with Gasteiger partial charge in [0, 0.05) is 18.3 Å². The highest BCUT2D eigenvalue weighted by atomic mass is 19.4. The number of anilines is 1. The van der Waals surface area contributed by atoms with Gasteiger partial charge in [0.15, 0.2) is 6.10 Å². The summed E-state index contributed by atoms with van der Waals surface area (Å²) in [5.74, 6) is -3.06. The van der Waals surface area contributed by atoms with Gasteiger partial charge in [0.25, 0.3) is 0 Å². The Bertz CT molecular complexity index is 1570. The maximum absolute atomic E-state index is 13.7. The number of esters is 1. The number of ether oxygens (including phenoxy) is 3. The van der Waals surface area contributed by atoms with Gasteiger partial charge in [-0.05, 0) is 53.9 Å². The third-order valence-corrected chi connectivity index (χ3v) is 7.86. The molecule has 2 aliphatic heterocycles. The fraction of sp³-hybridized carbons (Fsp3) is 0.483. The maximum atomic E-state index is 13.7. The second-order valence-corrected chi connectivity index (χ2v) is 11.3. The van der Waals surface area contributed by atoms with Crippen LogP contribution >= 0.6 is 0 Å². The number of halogens is 9. The normalized spacial score (nSPS) is 25.6. The zero-order valence-electron chi connectivity index (χ0n) is 25.2. The number of carboxylic acid groups (broad SMARTS) is 1. The molecule has 1 amide bonds. The van der Waals surface area contributed by atoms with Gasteiger partial charge in [0.2, 0.25) is 6.29 Å². The van der Waals surface area contributed by atoms with Crippen molar-refractivity contribution in [2.24, 2.45) is 0 Å². The molecular formula is C29H27F9N2O10. The number of carbonyl (C=O) groups excluding carboxylic acids is 2. The third-order valence-electron chi connectivity index (χ3n) is 7.86. The smallest absolute Gasteiger partial charge is 0.416 e. The topological polar surface area (TPSA) is 175 Å². The predicted molar refractivity (Wildman–Crippen MR) is 146 cm³/mol. The quantitative estimate of drug-likeness (QED) is 0.205. The molecule has 0 radical (unpaired) electrons. The number of aliphatic hydroxyl groups excluding tert-OH is 3. The fourth-order valence-corrected chi connectivity index (χ4v) is 5.51. The summed E-state index contributed by atoms with van der Waals surface area (Å²) in [5, 5.41) is 41.9. The van der Waals surface area contributed by atoms with Crippen LogP contribution in [0.1, 0.15) is 46.7 Å². The van der Waals surface area contributed by atoms with Gasteiger partial charge >= 0.3 is 36.6 Å². The summed E-state index contributed by atoms with van der Waals surface area (Å²) in [6.07, 6.45) is -28.8. The van der Waals surface area contributed by atoms with E-state index < -0.39 is 121 Å². The number of aliphatic carboxylic acids is 1. The molecule has 21 heteroatoms. The van der Waals surface area contributed by atoms with Crippen LogP contribution in [0.3, 0.4) is 0 Å². The molecule has 2 aromatic rings. The molecule has 0 saturated carbocycles. The molecule has 276 valence electrons. The number of amides is 1. The van der Waals surface area contributed by atoms with E-state index in [9.17, 15) is 74.3 Å². The molecule has 2 heterocycles. The number of fused-ring (bicyclic) bond motifs is 1. The number of methoxy groups -OCH3 is 1. The maximum Gasteiger partial charge on any atom is 0.416 e. The Morgan fingerprint density at radius 2 is 1.44 bits per heavy atom. The first-order valence-corrected chi connectivity index (χ1v) is 14.2. The fourth-order valence-electron chi connectivity index (χ4n) is 5.51. The van der Waals surface area contributed by atoms with Gasteiger partial charge in [-0.25, -0.2) is 9.59 Å². The van der Waals surface area contributed by atoms with E-state index in [4.69, 9.17) is 14.2 Å². The van der Waals surface area contributed by atoms with Crippen molar-refractivity contribution in [1.82, 2.24) is 4.90 Å². The van der Waals surface area contributed by atoms with Crippen LogP contribution in [0.25, 0.3) is 0 Å². The van der Waals surface area contributed by atoms with Crippen molar-refractivity contribution in [3.8, 4) is 0 Å². The first-order valence-electron chi connectivity index (χ1n) is 14.2. The highest BCUT2D eigenvalue weighted by molar-refractivity contribution is 5.74. The highest BCUT2D eigenvalue weighted by Crippen LogP contribution is 2.43. The SMILES string of the molecule is COC(=O)N(Cc1cc(C(F)(F)F)cc(C(F)(F)F)c1)[C@H]1C[C@@H](CC(=O)OC2OC(C(=O)O)C(O)C(O)C2O)Nc2ccc(C(F)(F)F)cc21. The summed E-state index contributed by atoms with van der Waals surface area (Å²) in [6, 6.07) is -0.189. The molecule has 2 aliphatic rings. The Hall–Kier alpha value is -4.34. The lowest BCUT2D eigenvalue weighted by Crippen LogP contribution is -2.60. The van der Waals surface area contributed by atoms with Gasteiger partial charge in [0.1, 0.15) is 18.3 Å². The van der Waals surface area contributed by atoms with Crippen LogP contribution in [0.5, 0.6) is 0 Å². The zero-order chi connectivity index (χ0) is 37.5. The van der Waals surface area contributed by atoms with Crippen LogP contribution in [-0.2, 0) is 48.9 Å². The van der Waals surface area contributed by atoms with Crippen LogP contribution in [-0.4, -0.2) is 87.2 Å². The molecule has 2 aromatic carbocycles. The van der Waals surface area contributed by atoms with Crippen LogP contribution in [0.2, 0.25) is 0 Å². The van der Waals surface area contributed by atoms with E-state index in [1.165, 1.54) is 0 Å². The van der Waals surface area contributed by atoms with Gasteiger partial charge < -0.3 is 40.0 Å². The van der Waals surface area contributed by atoms with Crippen LogP contribution in [0.15, 0.2) is 36.4 Å². The molecule has 4 rings (SSSR count). The van der Waals surface area contributed by atoms with Crippen LogP contribution in [0.4, 0.5) is 50.0 Å². The molecule has 5 unspecified atom stereocenters. The van der Waals surface area contributed by atoms with Crippen LogP contribution < -0.4 is 5.32 Å². The number of benzene rings is 2. The van der Waals surface area contributed by atoms with E-state index in [1.807, 2.05) is 0 Å². The summed E-state index contributed by atoms with van der Waals surface area (Å²) in [4.78, 5) is 37.9. The summed E-state index contributed by atoms with van der Waals surface area (Å²) < 4.78 is 137. The predicted octanol–water partition coefficient (Wildman–Crippen LogP) is 4.06. The molecule has 0 bridgehead atoms. The largest absolute Gasteiger partial charge is 0.479 e. The van der Waals surface area contributed by atoms with Gasteiger partial charge in [-0.1, -0.05) is 0 Å². The van der Waals surface area contributed by atoms with E-state index in [-0.39, 0.29) is 17.3 Å². The Kier molecular flexibility index (Phi) is 10.9. The summed E-state index contributed by atoms with van der Waals surface area (Å²) in [5.41, 5.74) is -5.86. The average Bonchev–Trinajstić information content (AvgIpc) is 3.01. The number of nitrogens with zero attached hydrogens (tertiary/aromatic N) is 1. The minimum atomic E-state index is -5.27. The first kappa shape index (κ1) is 38.5. The van der Waals surface area contributed by atoms with Crippen molar-refractivity contribution >= 4 is 23.7 Å². The number of hydrogen-bond donors (Lipinski definition) is 5. The van der Waals surface area contributed by atoms with Gasteiger partial charge in [-0.15, -0.1) is 0 Å². The van der Waals surface area contributed by atoms with E-state index in [0.29, 0.717) is 29.2 Å². The van der Waals surface area contributed by atoms with E-state index >= 15 is 0 Å². The minimum Gasteiger partial charge on any atom is -0.479 e. The zero-order valence-corrected chi connectivity index (χ0v) is 25.2. The molecule has 1 fully saturated rings. The first-order chi connectivity index (χ1) is 23.0. The van der Waals surface area contributed by atoms with Crippen molar-refractivity contribution in [2.75, 3.05) is 12.4 Å². The lowest BCUT2D eigenvalue weighted by atomic mass is 9.88. The summed E-state index contributed by atoms with van der Waals surface area (Å²) in [6.45, 7) is -1.05. The molecular weight excluding hydrogens is 707 g/mol. The molecule has 12 nitrogen and oxygen atoms in total. The molecule has 0 spiro atoms. The number of aliphatic hydroxyl groups is 3. The van der Waals surface area contributed by atoms with E-state index in [1.54, 1.807) is 0 Å². The molecule has 1 saturated heterocycles. The Labute approximate surface area is 274 Å². The van der Waals surface area contributed by atoms with Crippen LogP contribution in [0, 0.1) is 0 Å². The molecule has 7 atom stereocenters. The number of hydrogen-bond acceptors (Lipinski definition) is 10. The Morgan fingerprint density at radius 3 is 1.96 bits per heavy atom. The van der Waals surface area contributed by atoms with Crippen molar-refractivity contribution in [1.29, 1.82) is 0 Å². The van der Waals surface area contributed by atoms with Crippen molar-refractivity contribution in [2.45, 2.75) is 80.7 Å². The standard InChI is InChI=1S/C29H27F9N2O10/c1-48-26(47)40(10-11-4-13(28(33,34)35)6-14(5-11)29(36,37)38)18-8-15(39-17-3-2-12(7-16(17)18)27(30,31)32)9-19(41)49-25-22(44)20(42)21(43)23(50-25)24(45)46/h2-7,15,18,20-23,25,39,42-44H,8-10H2,1H3,(H,45,46)/t15-,18-,20?,21?,22?,23?,25?/m0/s1. The second kappa shape index (κ2) is 14.1. The lowest BCUT2D eigenvalue weighted by Gasteiger charge is -2.40. The molecule has 0 aliphatic carbocycles. The van der Waals surface area contributed by atoms with E-state index in [2.05, 4.69) is 5.32 Å². The molecule has 5 N–H and O–H groups in total. The van der Waals surface area contributed by atoms with Crippen molar-refractivity contribution < 1.29 is 88.5 Å².